The van der Waals surface area contributed by atoms with Crippen molar-refractivity contribution in [1.29, 1.82) is 0 Å². The predicted molar refractivity (Wildman–Crippen MR) is 138 cm³/mol. The van der Waals surface area contributed by atoms with Crippen LogP contribution < -0.4 is 25.4 Å². The number of rotatable bonds is 9. The number of benzene rings is 2. The lowest BCUT2D eigenvalue weighted by atomic mass is 10.1. The topological polar surface area (TPSA) is 84.5 Å². The Kier molecular flexibility index (Phi) is 7.79. The van der Waals surface area contributed by atoms with Crippen LogP contribution in [0.1, 0.15) is 39.9 Å². The molecule has 1 aromatic heterocycles. The maximum Gasteiger partial charge on any atom is 0.458 e. The third-order valence-corrected chi connectivity index (χ3v) is 6.80. The summed E-state index contributed by atoms with van der Waals surface area (Å²) in [6.45, 7) is 1.62. The van der Waals surface area contributed by atoms with Gasteiger partial charge in [0.2, 0.25) is 0 Å². The second kappa shape index (κ2) is 11.3. The molecular weight excluding hydrogens is 535 g/mol. The van der Waals surface area contributed by atoms with Crippen LogP contribution in [-0.4, -0.2) is 42.9 Å². The van der Waals surface area contributed by atoms with Crippen molar-refractivity contribution in [2.24, 2.45) is 0 Å². The molecule has 1 unspecified atom stereocenters. The minimum atomic E-state index is -5.82. The maximum absolute atomic E-state index is 14.3. The summed E-state index contributed by atoms with van der Waals surface area (Å²) < 4.78 is 79.1. The summed E-state index contributed by atoms with van der Waals surface area (Å²) in [5, 5.41) is 8.79. The predicted octanol–water partition coefficient (Wildman–Crippen LogP) is 5.67. The van der Waals surface area contributed by atoms with Crippen molar-refractivity contribution in [2.45, 2.75) is 43.9 Å². The van der Waals surface area contributed by atoms with Gasteiger partial charge in [0.15, 0.2) is 0 Å². The second-order valence-corrected chi connectivity index (χ2v) is 9.64. The van der Waals surface area contributed by atoms with E-state index in [0.717, 1.165) is 41.9 Å². The molecule has 7 nitrogen and oxygen atoms in total. The fourth-order valence-electron chi connectivity index (χ4n) is 4.68. The van der Waals surface area contributed by atoms with Crippen LogP contribution in [0.5, 0.6) is 11.5 Å². The Morgan fingerprint density at radius 1 is 1.12 bits per heavy atom. The van der Waals surface area contributed by atoms with Crippen LogP contribution in [-0.2, 0) is 18.9 Å². The SMILES string of the molecule is O=C(Nc1ccc(C(F)(F)C(F)(F)F)c(OCC2CCCN2)c1)c1cccnc1NCc1ccc2c(c1)CCO2. The normalized spacial score (nSPS) is 16.8. The number of ether oxygens (including phenoxy) is 2. The number of anilines is 2. The van der Waals surface area contributed by atoms with Gasteiger partial charge in [-0.2, -0.15) is 22.0 Å². The van der Waals surface area contributed by atoms with Gasteiger partial charge in [0, 0.05) is 37.0 Å². The molecule has 212 valence electrons. The number of nitrogens with zero attached hydrogens (tertiary/aromatic N) is 1. The summed E-state index contributed by atoms with van der Waals surface area (Å²) >= 11 is 0. The lowest BCUT2D eigenvalue weighted by Gasteiger charge is -2.24. The number of aromatic nitrogens is 1. The molecule has 3 N–H and O–H groups in total. The van der Waals surface area contributed by atoms with Crippen LogP contribution in [0, 0.1) is 0 Å². The highest BCUT2D eigenvalue weighted by molar-refractivity contribution is 6.07. The highest BCUT2D eigenvalue weighted by atomic mass is 19.4. The number of amides is 1. The Hall–Kier alpha value is -3.93. The molecule has 2 aliphatic rings. The molecule has 3 aromatic rings. The number of halogens is 5. The van der Waals surface area contributed by atoms with Crippen molar-refractivity contribution in [1.82, 2.24) is 10.3 Å². The molecule has 0 spiro atoms. The smallest absolute Gasteiger partial charge is 0.458 e. The van der Waals surface area contributed by atoms with Crippen LogP contribution in [0.4, 0.5) is 33.5 Å². The average molecular weight is 563 g/mol. The number of fused-ring (bicyclic) bond motifs is 1. The van der Waals surface area contributed by atoms with E-state index in [2.05, 4.69) is 20.9 Å². The van der Waals surface area contributed by atoms with E-state index in [1.54, 1.807) is 6.07 Å². The zero-order valence-corrected chi connectivity index (χ0v) is 21.3. The highest BCUT2D eigenvalue weighted by Gasteiger charge is 2.60. The summed E-state index contributed by atoms with van der Waals surface area (Å²) in [5.74, 6) is -5.29. The van der Waals surface area contributed by atoms with E-state index in [1.165, 1.54) is 12.3 Å². The van der Waals surface area contributed by atoms with E-state index >= 15 is 0 Å². The molecule has 0 radical (unpaired) electrons. The summed E-state index contributed by atoms with van der Waals surface area (Å²) in [6.07, 6.45) is -1.94. The Balaban J connectivity index is 1.33. The summed E-state index contributed by atoms with van der Waals surface area (Å²) in [6, 6.07) is 11.3. The molecule has 12 heteroatoms. The first-order valence-electron chi connectivity index (χ1n) is 12.8. The molecular formula is C28H27F5N4O3. The molecule has 2 aromatic carbocycles. The monoisotopic (exact) mass is 562 g/mol. The van der Waals surface area contributed by atoms with Gasteiger partial charge in [-0.1, -0.05) is 12.1 Å². The van der Waals surface area contributed by atoms with Crippen molar-refractivity contribution >= 4 is 17.4 Å². The van der Waals surface area contributed by atoms with Crippen molar-refractivity contribution in [3.63, 3.8) is 0 Å². The average Bonchev–Trinajstić information content (AvgIpc) is 3.62. The molecule has 40 heavy (non-hydrogen) atoms. The van der Waals surface area contributed by atoms with Gasteiger partial charge in [-0.25, -0.2) is 4.98 Å². The van der Waals surface area contributed by atoms with E-state index in [4.69, 9.17) is 9.47 Å². The molecule has 1 saturated heterocycles. The lowest BCUT2D eigenvalue weighted by Crippen LogP contribution is -2.35. The molecule has 2 aliphatic heterocycles. The molecule has 0 bridgehead atoms. The van der Waals surface area contributed by atoms with Crippen molar-refractivity contribution in [3.05, 3.63) is 77.0 Å². The summed E-state index contributed by atoms with van der Waals surface area (Å²) in [5.41, 5.74) is 0.892. The van der Waals surface area contributed by atoms with Crippen LogP contribution in [0.3, 0.4) is 0 Å². The molecule has 3 heterocycles. The van der Waals surface area contributed by atoms with E-state index in [1.807, 2.05) is 18.2 Å². The zero-order chi connectivity index (χ0) is 28.3. The molecule has 0 saturated carbocycles. The van der Waals surface area contributed by atoms with Crippen molar-refractivity contribution < 1.29 is 36.2 Å². The van der Waals surface area contributed by atoms with Gasteiger partial charge in [-0.05, 0) is 60.8 Å². The molecule has 0 aliphatic carbocycles. The fraction of sp³-hybridized carbons (Fsp3) is 0.357. The summed E-state index contributed by atoms with van der Waals surface area (Å²) in [4.78, 5) is 17.4. The van der Waals surface area contributed by atoms with Gasteiger partial charge < -0.3 is 25.4 Å². The molecule has 5 rings (SSSR count). The first-order chi connectivity index (χ1) is 19.1. The highest BCUT2D eigenvalue weighted by Crippen LogP contribution is 2.47. The lowest BCUT2D eigenvalue weighted by molar-refractivity contribution is -0.289. The number of nitrogens with one attached hydrogen (secondary N) is 3. The first-order valence-corrected chi connectivity index (χ1v) is 12.8. The Bertz CT molecular complexity index is 1380. The fourth-order valence-corrected chi connectivity index (χ4v) is 4.68. The third-order valence-electron chi connectivity index (χ3n) is 6.80. The quantitative estimate of drug-likeness (QED) is 0.292. The molecule has 1 fully saturated rings. The van der Waals surface area contributed by atoms with E-state index in [-0.39, 0.29) is 29.7 Å². The number of carbonyl (C=O) groups excluding carboxylic acids is 1. The minimum absolute atomic E-state index is 0.00506. The second-order valence-electron chi connectivity index (χ2n) is 9.64. The van der Waals surface area contributed by atoms with Crippen LogP contribution in [0.2, 0.25) is 0 Å². The van der Waals surface area contributed by atoms with E-state index < -0.39 is 29.3 Å². The van der Waals surface area contributed by atoms with Crippen LogP contribution >= 0.6 is 0 Å². The molecule has 1 amide bonds. The van der Waals surface area contributed by atoms with Crippen LogP contribution in [0.25, 0.3) is 0 Å². The van der Waals surface area contributed by atoms with Gasteiger partial charge in [0.05, 0.1) is 17.7 Å². The van der Waals surface area contributed by atoms with Gasteiger partial charge in [0.1, 0.15) is 23.9 Å². The Morgan fingerprint density at radius 2 is 1.98 bits per heavy atom. The van der Waals surface area contributed by atoms with Crippen molar-refractivity contribution in [3.8, 4) is 11.5 Å². The third kappa shape index (κ3) is 5.96. The van der Waals surface area contributed by atoms with E-state index in [9.17, 15) is 26.7 Å². The standard InChI is InChI=1S/C28H27F5N4O3/c29-27(30,28(31,32)33)22-7-6-19(14-24(22)40-16-20-3-1-10-34-20)37-26(38)21-4-2-11-35-25(21)36-15-17-5-8-23-18(13-17)9-12-39-23/h2,4-8,11,13-14,20,34H,1,3,9-10,12,15-16H2,(H,35,36)(H,37,38). The van der Waals surface area contributed by atoms with Gasteiger partial charge in [-0.3, -0.25) is 4.79 Å². The summed E-state index contributed by atoms with van der Waals surface area (Å²) in [7, 11) is 0. The van der Waals surface area contributed by atoms with Gasteiger partial charge in [-0.15, -0.1) is 0 Å². The Labute approximate surface area is 227 Å². The largest absolute Gasteiger partial charge is 0.493 e. The number of alkyl halides is 5. The number of pyridine rings is 1. The number of hydrogen-bond donors (Lipinski definition) is 3. The van der Waals surface area contributed by atoms with Gasteiger partial charge in [0.25, 0.3) is 5.91 Å². The first kappa shape index (κ1) is 27.6. The zero-order valence-electron chi connectivity index (χ0n) is 21.3. The van der Waals surface area contributed by atoms with Gasteiger partial charge >= 0.3 is 12.1 Å². The van der Waals surface area contributed by atoms with Crippen LogP contribution in [0.15, 0.2) is 54.7 Å². The number of carbonyl (C=O) groups is 1. The maximum atomic E-state index is 14.3. The Morgan fingerprint density at radius 3 is 2.75 bits per heavy atom. The minimum Gasteiger partial charge on any atom is -0.493 e. The van der Waals surface area contributed by atoms with Crippen molar-refractivity contribution in [2.75, 3.05) is 30.4 Å². The molecule has 1 atom stereocenters. The van der Waals surface area contributed by atoms with E-state index in [0.29, 0.717) is 32.2 Å². The number of hydrogen-bond acceptors (Lipinski definition) is 6.